The number of carbonyl (C=O) groups is 1. The Labute approximate surface area is 95.4 Å². The van der Waals surface area contributed by atoms with Crippen molar-refractivity contribution in [1.82, 2.24) is 20.2 Å². The molecule has 0 aliphatic carbocycles. The van der Waals surface area contributed by atoms with E-state index in [-0.39, 0.29) is 5.91 Å². The molecule has 5 heteroatoms. The Morgan fingerprint density at radius 3 is 2.69 bits per heavy atom. The van der Waals surface area contributed by atoms with Gasteiger partial charge in [-0.3, -0.25) is 14.9 Å². The van der Waals surface area contributed by atoms with Crippen LogP contribution in [0.15, 0.2) is 6.07 Å². The first-order chi connectivity index (χ1) is 7.68. The minimum absolute atomic E-state index is 0.0359. The van der Waals surface area contributed by atoms with Crippen LogP contribution < -0.4 is 0 Å². The third-order valence-corrected chi connectivity index (χ3v) is 2.98. The highest BCUT2D eigenvalue weighted by atomic mass is 16.2. The molecule has 88 valence electrons. The summed E-state index contributed by atoms with van der Waals surface area (Å²) in [6.07, 6.45) is 3.59. The van der Waals surface area contributed by atoms with Gasteiger partial charge in [-0.15, -0.1) is 0 Å². The summed E-state index contributed by atoms with van der Waals surface area (Å²) < 4.78 is 0. The zero-order valence-corrected chi connectivity index (χ0v) is 9.86. The Morgan fingerprint density at radius 1 is 1.44 bits per heavy atom. The van der Waals surface area contributed by atoms with E-state index in [0.29, 0.717) is 5.69 Å². The first-order valence-electron chi connectivity index (χ1n) is 5.73. The molecule has 1 saturated heterocycles. The lowest BCUT2D eigenvalue weighted by atomic mass is 10.2. The number of hydrazine groups is 1. The molecule has 1 aliphatic heterocycles. The van der Waals surface area contributed by atoms with Gasteiger partial charge in [0.05, 0.1) is 0 Å². The Hall–Kier alpha value is -1.36. The predicted octanol–water partition coefficient (Wildman–Crippen LogP) is 1.19. The molecule has 1 aliphatic rings. The van der Waals surface area contributed by atoms with Gasteiger partial charge in [-0.05, 0) is 25.8 Å². The summed E-state index contributed by atoms with van der Waals surface area (Å²) in [5, 5.41) is 10.6. The number of H-pyrrole nitrogens is 1. The van der Waals surface area contributed by atoms with Crippen molar-refractivity contribution in [2.45, 2.75) is 26.2 Å². The van der Waals surface area contributed by atoms with Gasteiger partial charge in [0.1, 0.15) is 0 Å². The Balaban J connectivity index is 2.03. The van der Waals surface area contributed by atoms with Crippen molar-refractivity contribution in [1.29, 1.82) is 0 Å². The number of carbonyl (C=O) groups excluding carboxylic acids is 1. The van der Waals surface area contributed by atoms with Crippen molar-refractivity contribution in [3.8, 4) is 0 Å². The summed E-state index contributed by atoms with van der Waals surface area (Å²) in [6.45, 7) is 3.82. The van der Waals surface area contributed by atoms with Crippen LogP contribution in [0.2, 0.25) is 0 Å². The highest BCUT2D eigenvalue weighted by molar-refractivity contribution is 5.91. The molecular formula is C11H18N4O. The smallest absolute Gasteiger partial charge is 0.282 e. The van der Waals surface area contributed by atoms with Crippen molar-refractivity contribution < 1.29 is 4.79 Å². The van der Waals surface area contributed by atoms with Gasteiger partial charge in [0, 0.05) is 25.8 Å². The zero-order chi connectivity index (χ0) is 11.5. The van der Waals surface area contributed by atoms with Crippen molar-refractivity contribution in [2.75, 3.05) is 20.1 Å². The molecule has 5 nitrogen and oxygen atoms in total. The Kier molecular flexibility index (Phi) is 3.24. The molecule has 2 rings (SSSR count). The zero-order valence-electron chi connectivity index (χ0n) is 9.86. The van der Waals surface area contributed by atoms with Crippen molar-refractivity contribution >= 4 is 5.91 Å². The number of aryl methyl sites for hydroxylation is 1. The summed E-state index contributed by atoms with van der Waals surface area (Å²) in [4.78, 5) is 12.1. The molecule has 0 aromatic carbocycles. The molecule has 0 atom stereocenters. The molecule has 0 bridgehead atoms. The van der Waals surface area contributed by atoms with E-state index in [4.69, 9.17) is 0 Å². The lowest BCUT2D eigenvalue weighted by Crippen LogP contribution is -2.46. The maximum Gasteiger partial charge on any atom is 0.288 e. The second kappa shape index (κ2) is 4.65. The fourth-order valence-corrected chi connectivity index (χ4v) is 2.00. The SMILES string of the molecule is Cc1cc(C(=O)N(C)N2CCCCC2)n[nH]1. The van der Waals surface area contributed by atoms with Crippen LogP contribution in [0, 0.1) is 6.92 Å². The summed E-state index contributed by atoms with van der Waals surface area (Å²) in [7, 11) is 1.82. The van der Waals surface area contributed by atoms with E-state index in [1.807, 2.05) is 14.0 Å². The van der Waals surface area contributed by atoms with Gasteiger partial charge in [-0.1, -0.05) is 6.42 Å². The normalized spacial score (nSPS) is 17.4. The number of hydrogen-bond donors (Lipinski definition) is 1. The molecule has 0 saturated carbocycles. The fourth-order valence-electron chi connectivity index (χ4n) is 2.00. The lowest BCUT2D eigenvalue weighted by Gasteiger charge is -2.34. The van der Waals surface area contributed by atoms with Gasteiger partial charge >= 0.3 is 0 Å². The van der Waals surface area contributed by atoms with Gasteiger partial charge < -0.3 is 0 Å². The number of nitrogens with one attached hydrogen (secondary N) is 1. The second-order valence-corrected chi connectivity index (χ2v) is 4.28. The van der Waals surface area contributed by atoms with Gasteiger partial charge in [-0.25, -0.2) is 5.01 Å². The van der Waals surface area contributed by atoms with Gasteiger partial charge in [0.2, 0.25) is 0 Å². The maximum atomic E-state index is 12.1. The van der Waals surface area contributed by atoms with Crippen molar-refractivity contribution in [3.63, 3.8) is 0 Å². The van der Waals surface area contributed by atoms with Crippen LogP contribution in [-0.4, -0.2) is 46.3 Å². The Bertz CT molecular complexity index is 368. The van der Waals surface area contributed by atoms with Crippen LogP contribution >= 0.6 is 0 Å². The highest BCUT2D eigenvalue weighted by Gasteiger charge is 2.22. The number of aromatic nitrogens is 2. The Morgan fingerprint density at radius 2 is 2.12 bits per heavy atom. The molecule has 1 aromatic heterocycles. The van der Waals surface area contributed by atoms with E-state index >= 15 is 0 Å². The number of piperidine rings is 1. The average molecular weight is 222 g/mol. The van der Waals surface area contributed by atoms with E-state index in [9.17, 15) is 4.79 Å². The molecule has 1 N–H and O–H groups in total. The number of hydrogen-bond acceptors (Lipinski definition) is 3. The summed E-state index contributed by atoms with van der Waals surface area (Å²) in [5.41, 5.74) is 1.40. The summed E-state index contributed by atoms with van der Waals surface area (Å²) >= 11 is 0. The second-order valence-electron chi connectivity index (χ2n) is 4.28. The number of rotatable bonds is 2. The molecular weight excluding hydrogens is 204 g/mol. The molecule has 16 heavy (non-hydrogen) atoms. The van der Waals surface area contributed by atoms with Crippen LogP contribution in [0.3, 0.4) is 0 Å². The van der Waals surface area contributed by atoms with Crippen molar-refractivity contribution in [3.05, 3.63) is 17.5 Å². The van der Waals surface area contributed by atoms with E-state index in [0.717, 1.165) is 31.6 Å². The van der Waals surface area contributed by atoms with Crippen LogP contribution in [0.5, 0.6) is 0 Å². The molecule has 0 radical (unpaired) electrons. The minimum Gasteiger partial charge on any atom is -0.282 e. The average Bonchev–Trinajstić information content (AvgIpc) is 2.75. The standard InChI is InChI=1S/C11H18N4O/c1-9-8-10(13-12-9)11(16)14(2)15-6-4-3-5-7-15/h8H,3-7H2,1-2H3,(H,12,13). The first-order valence-corrected chi connectivity index (χ1v) is 5.73. The third kappa shape index (κ3) is 2.24. The highest BCUT2D eigenvalue weighted by Crippen LogP contribution is 2.12. The van der Waals surface area contributed by atoms with Gasteiger partial charge in [0.25, 0.3) is 5.91 Å². The molecule has 0 spiro atoms. The van der Waals surface area contributed by atoms with Gasteiger partial charge in [0.15, 0.2) is 5.69 Å². The maximum absolute atomic E-state index is 12.1. The van der Waals surface area contributed by atoms with Crippen LogP contribution in [0.25, 0.3) is 0 Å². The summed E-state index contributed by atoms with van der Waals surface area (Å²) in [6, 6.07) is 1.78. The number of amides is 1. The van der Waals surface area contributed by atoms with Gasteiger partial charge in [-0.2, -0.15) is 5.10 Å². The van der Waals surface area contributed by atoms with E-state index in [2.05, 4.69) is 15.2 Å². The summed E-state index contributed by atoms with van der Waals surface area (Å²) in [5.74, 6) is -0.0359. The largest absolute Gasteiger partial charge is 0.288 e. The fraction of sp³-hybridized carbons (Fsp3) is 0.636. The number of aromatic amines is 1. The molecule has 1 fully saturated rings. The minimum atomic E-state index is -0.0359. The molecule has 1 aromatic rings. The monoisotopic (exact) mass is 222 g/mol. The van der Waals surface area contributed by atoms with E-state index < -0.39 is 0 Å². The molecule has 1 amide bonds. The quantitative estimate of drug-likeness (QED) is 0.817. The topological polar surface area (TPSA) is 52.2 Å². The molecule has 0 unspecified atom stereocenters. The van der Waals surface area contributed by atoms with E-state index in [1.165, 1.54) is 6.42 Å². The van der Waals surface area contributed by atoms with Crippen LogP contribution in [0.1, 0.15) is 35.4 Å². The number of nitrogens with zero attached hydrogens (tertiary/aromatic N) is 3. The van der Waals surface area contributed by atoms with Crippen molar-refractivity contribution in [2.24, 2.45) is 0 Å². The van der Waals surface area contributed by atoms with E-state index in [1.54, 1.807) is 11.1 Å². The molecule has 2 heterocycles. The van der Waals surface area contributed by atoms with Crippen LogP contribution in [0.4, 0.5) is 0 Å². The lowest BCUT2D eigenvalue weighted by molar-refractivity contribution is -0.00544. The predicted molar refractivity (Wildman–Crippen MR) is 60.8 cm³/mol. The van der Waals surface area contributed by atoms with Crippen LogP contribution in [-0.2, 0) is 0 Å². The first kappa shape index (κ1) is 11.1. The third-order valence-electron chi connectivity index (χ3n) is 2.98.